The fourth-order valence-corrected chi connectivity index (χ4v) is 2.37. The normalized spacial score (nSPS) is 11.3. The summed E-state index contributed by atoms with van der Waals surface area (Å²) in [6.07, 6.45) is 0. The third-order valence-electron chi connectivity index (χ3n) is 2.90. The van der Waals surface area contributed by atoms with Crippen molar-refractivity contribution in [3.63, 3.8) is 0 Å². The maximum Gasteiger partial charge on any atom is 0.316 e. The van der Waals surface area contributed by atoms with Crippen molar-refractivity contribution in [3.8, 4) is 5.75 Å². The van der Waals surface area contributed by atoms with Gasteiger partial charge in [0.2, 0.25) is 5.91 Å². The predicted octanol–water partition coefficient (Wildman–Crippen LogP) is 0.971. The van der Waals surface area contributed by atoms with E-state index < -0.39 is 24.5 Å². The number of esters is 1. The summed E-state index contributed by atoms with van der Waals surface area (Å²) >= 11 is 1.30. The standard InChI is InChI=1S/C16H22N2O5S/c1-4-17-16(21)11(2)18-14(19)9-23-15(20)10-24-13-7-5-12(22-3)6-8-13/h5-8,11H,4,9-10H2,1-3H3,(H,17,21)(H,18,19)/t11-/m0/s1. The second kappa shape index (κ2) is 10.5. The number of hydrogen-bond donors (Lipinski definition) is 2. The van der Waals surface area contributed by atoms with Crippen molar-refractivity contribution in [1.82, 2.24) is 10.6 Å². The molecule has 0 heterocycles. The Bertz CT molecular complexity index is 562. The van der Waals surface area contributed by atoms with Gasteiger partial charge in [0, 0.05) is 11.4 Å². The molecule has 0 radical (unpaired) electrons. The third kappa shape index (κ3) is 7.36. The average molecular weight is 354 g/mol. The van der Waals surface area contributed by atoms with Gasteiger partial charge in [0.25, 0.3) is 5.91 Å². The molecule has 1 atom stereocenters. The first-order valence-corrected chi connectivity index (χ1v) is 8.44. The fraction of sp³-hybridized carbons (Fsp3) is 0.438. The van der Waals surface area contributed by atoms with Crippen LogP contribution in [0.3, 0.4) is 0 Å². The number of benzene rings is 1. The Morgan fingerprint density at radius 2 is 1.88 bits per heavy atom. The lowest BCUT2D eigenvalue weighted by molar-refractivity contribution is -0.146. The molecule has 0 saturated carbocycles. The van der Waals surface area contributed by atoms with E-state index in [0.29, 0.717) is 6.54 Å². The van der Waals surface area contributed by atoms with Crippen LogP contribution in [0.1, 0.15) is 13.8 Å². The smallest absolute Gasteiger partial charge is 0.316 e. The van der Waals surface area contributed by atoms with Gasteiger partial charge in [0.15, 0.2) is 6.61 Å². The minimum absolute atomic E-state index is 0.0888. The van der Waals surface area contributed by atoms with Crippen LogP contribution >= 0.6 is 11.8 Å². The molecular formula is C16H22N2O5S. The maximum atomic E-state index is 11.6. The molecule has 0 aliphatic rings. The van der Waals surface area contributed by atoms with Crippen LogP contribution in [0.2, 0.25) is 0 Å². The maximum absolute atomic E-state index is 11.6. The van der Waals surface area contributed by atoms with Crippen molar-refractivity contribution in [2.24, 2.45) is 0 Å². The predicted molar refractivity (Wildman–Crippen MR) is 91.0 cm³/mol. The van der Waals surface area contributed by atoms with E-state index in [1.54, 1.807) is 33.1 Å². The van der Waals surface area contributed by atoms with Gasteiger partial charge in [-0.25, -0.2) is 0 Å². The van der Waals surface area contributed by atoms with Crippen LogP contribution < -0.4 is 15.4 Å². The second-order valence-electron chi connectivity index (χ2n) is 4.81. The quantitative estimate of drug-likeness (QED) is 0.507. The number of methoxy groups -OCH3 is 1. The SMILES string of the molecule is CCNC(=O)[C@H](C)NC(=O)COC(=O)CSc1ccc(OC)cc1. The van der Waals surface area contributed by atoms with Gasteiger partial charge in [-0.2, -0.15) is 0 Å². The number of carbonyl (C=O) groups is 3. The van der Waals surface area contributed by atoms with Crippen molar-refractivity contribution in [2.45, 2.75) is 24.8 Å². The summed E-state index contributed by atoms with van der Waals surface area (Å²) in [5.41, 5.74) is 0. The van der Waals surface area contributed by atoms with E-state index in [1.165, 1.54) is 11.8 Å². The zero-order valence-corrected chi connectivity index (χ0v) is 14.8. The monoisotopic (exact) mass is 354 g/mol. The molecule has 0 aromatic heterocycles. The molecule has 1 rings (SSSR count). The van der Waals surface area contributed by atoms with Gasteiger partial charge < -0.3 is 20.1 Å². The average Bonchev–Trinajstić information content (AvgIpc) is 2.58. The van der Waals surface area contributed by atoms with E-state index in [0.717, 1.165) is 10.6 Å². The van der Waals surface area contributed by atoms with E-state index in [-0.39, 0.29) is 11.7 Å². The number of amides is 2. The molecule has 24 heavy (non-hydrogen) atoms. The number of likely N-dealkylation sites (N-methyl/N-ethyl adjacent to an activating group) is 1. The second-order valence-corrected chi connectivity index (χ2v) is 5.86. The van der Waals surface area contributed by atoms with Gasteiger partial charge in [-0.05, 0) is 38.1 Å². The highest BCUT2D eigenvalue weighted by molar-refractivity contribution is 8.00. The molecule has 1 aromatic rings. The Morgan fingerprint density at radius 1 is 1.21 bits per heavy atom. The molecule has 8 heteroatoms. The van der Waals surface area contributed by atoms with Gasteiger partial charge >= 0.3 is 5.97 Å². The van der Waals surface area contributed by atoms with Crippen LogP contribution in [0.5, 0.6) is 5.75 Å². The molecule has 2 N–H and O–H groups in total. The molecule has 0 spiro atoms. The number of hydrogen-bond acceptors (Lipinski definition) is 6. The van der Waals surface area contributed by atoms with E-state index >= 15 is 0 Å². The minimum Gasteiger partial charge on any atom is -0.497 e. The summed E-state index contributed by atoms with van der Waals surface area (Å²) in [4.78, 5) is 35.6. The Balaban J connectivity index is 2.27. The summed E-state index contributed by atoms with van der Waals surface area (Å²) in [6, 6.07) is 6.58. The summed E-state index contributed by atoms with van der Waals surface area (Å²) in [7, 11) is 1.58. The van der Waals surface area contributed by atoms with E-state index in [2.05, 4.69) is 10.6 Å². The Labute approximate surface area is 145 Å². The van der Waals surface area contributed by atoms with Gasteiger partial charge in [-0.15, -0.1) is 11.8 Å². The van der Waals surface area contributed by atoms with Crippen molar-refractivity contribution >= 4 is 29.5 Å². The number of nitrogens with one attached hydrogen (secondary N) is 2. The molecule has 132 valence electrons. The first kappa shape index (κ1) is 19.8. The first-order chi connectivity index (χ1) is 11.5. The first-order valence-electron chi connectivity index (χ1n) is 7.45. The summed E-state index contributed by atoms with van der Waals surface area (Å²) in [6.45, 7) is 3.42. The molecule has 2 amide bonds. The molecule has 0 saturated heterocycles. The summed E-state index contributed by atoms with van der Waals surface area (Å²) < 4.78 is 9.93. The summed E-state index contributed by atoms with van der Waals surface area (Å²) in [5.74, 6) is -0.480. The van der Waals surface area contributed by atoms with Gasteiger partial charge in [-0.1, -0.05) is 0 Å². The number of thioether (sulfide) groups is 1. The summed E-state index contributed by atoms with van der Waals surface area (Å²) in [5, 5.41) is 5.05. The van der Waals surface area contributed by atoms with Gasteiger partial charge in [-0.3, -0.25) is 14.4 Å². The van der Waals surface area contributed by atoms with E-state index in [1.807, 2.05) is 12.1 Å². The third-order valence-corrected chi connectivity index (χ3v) is 3.89. The van der Waals surface area contributed by atoms with Gasteiger partial charge in [0.1, 0.15) is 11.8 Å². The Hall–Kier alpha value is -2.22. The molecule has 0 aliphatic carbocycles. The van der Waals surface area contributed by atoms with Crippen LogP contribution in [0.4, 0.5) is 0 Å². The Morgan fingerprint density at radius 3 is 2.46 bits per heavy atom. The van der Waals surface area contributed by atoms with Crippen LogP contribution in [-0.2, 0) is 19.1 Å². The highest BCUT2D eigenvalue weighted by atomic mass is 32.2. The molecule has 0 unspecified atom stereocenters. The zero-order chi connectivity index (χ0) is 17.9. The minimum atomic E-state index is -0.676. The number of ether oxygens (including phenoxy) is 2. The Kier molecular flexibility index (Phi) is 8.70. The highest BCUT2D eigenvalue weighted by Crippen LogP contribution is 2.21. The van der Waals surface area contributed by atoms with Crippen molar-refractivity contribution in [1.29, 1.82) is 0 Å². The molecule has 0 fully saturated rings. The van der Waals surface area contributed by atoms with Crippen LogP contribution in [0.25, 0.3) is 0 Å². The van der Waals surface area contributed by atoms with Gasteiger partial charge in [0.05, 0.1) is 12.9 Å². The molecule has 1 aromatic carbocycles. The van der Waals surface area contributed by atoms with Crippen molar-refractivity contribution < 1.29 is 23.9 Å². The number of carbonyl (C=O) groups excluding carboxylic acids is 3. The van der Waals surface area contributed by atoms with E-state index in [9.17, 15) is 14.4 Å². The molecule has 7 nitrogen and oxygen atoms in total. The highest BCUT2D eigenvalue weighted by Gasteiger charge is 2.15. The topological polar surface area (TPSA) is 93.7 Å². The van der Waals surface area contributed by atoms with Crippen LogP contribution in [0, 0.1) is 0 Å². The molecule has 0 aliphatic heterocycles. The number of rotatable bonds is 9. The van der Waals surface area contributed by atoms with Crippen LogP contribution in [0.15, 0.2) is 29.2 Å². The van der Waals surface area contributed by atoms with Crippen molar-refractivity contribution in [2.75, 3.05) is 26.0 Å². The molecule has 0 bridgehead atoms. The van der Waals surface area contributed by atoms with Crippen LogP contribution in [-0.4, -0.2) is 49.8 Å². The fourth-order valence-electron chi connectivity index (χ4n) is 1.68. The van der Waals surface area contributed by atoms with E-state index in [4.69, 9.17) is 9.47 Å². The largest absolute Gasteiger partial charge is 0.497 e. The van der Waals surface area contributed by atoms with Crippen molar-refractivity contribution in [3.05, 3.63) is 24.3 Å². The lowest BCUT2D eigenvalue weighted by Crippen LogP contribution is -2.46. The lowest BCUT2D eigenvalue weighted by Gasteiger charge is -2.13. The zero-order valence-electron chi connectivity index (χ0n) is 14.0. The lowest BCUT2D eigenvalue weighted by atomic mass is 10.3. The molecular weight excluding hydrogens is 332 g/mol.